The first-order valence-electron chi connectivity index (χ1n) is 8.17. The van der Waals surface area contributed by atoms with E-state index in [1.165, 1.54) is 0 Å². The van der Waals surface area contributed by atoms with E-state index < -0.39 is 53.7 Å². The maximum Gasteiger partial charge on any atom is 1.00 e. The maximum atomic E-state index is 8.89. The molecule has 0 bridgehead atoms. The van der Waals surface area contributed by atoms with Crippen LogP contribution in [0.4, 0.5) is 0 Å². The second-order valence-corrected chi connectivity index (χ2v) is 4.42. The Hall–Kier alpha value is 4.23. The summed E-state index contributed by atoms with van der Waals surface area (Å²) in [5, 5.41) is 80.0. The van der Waals surface area contributed by atoms with Crippen LogP contribution in [0.1, 0.15) is 62.3 Å². The second-order valence-electron chi connectivity index (χ2n) is 4.42. The van der Waals surface area contributed by atoms with Crippen molar-refractivity contribution in [3.63, 3.8) is 0 Å². The largest absolute Gasteiger partial charge is 1.00 e. The average molecular weight is 738 g/mol. The first kappa shape index (κ1) is 117. The van der Waals surface area contributed by atoms with E-state index in [9.17, 15) is 0 Å². The van der Waals surface area contributed by atoms with Crippen LogP contribution < -0.4 is 312 Å². The molecule has 0 radical (unpaired) electrons. The molecule has 216 valence electrons. The minimum atomic E-state index is -1.08. The van der Waals surface area contributed by atoms with Gasteiger partial charge in [-0.3, -0.25) is 0 Å². The van der Waals surface area contributed by atoms with Crippen LogP contribution in [0.15, 0.2) is 0 Å². The summed E-state index contributed by atoms with van der Waals surface area (Å²) in [6.07, 6.45) is 0. The van der Waals surface area contributed by atoms with Gasteiger partial charge in [0.25, 0.3) is 0 Å². The Morgan fingerprint density at radius 3 is 0.200 bits per heavy atom. The smallest absolute Gasteiger partial charge is 0.550 e. The Morgan fingerprint density at radius 2 is 0.200 bits per heavy atom. The third-order valence-corrected chi connectivity index (χ3v) is 0. The molecule has 0 aromatic rings. The molecular formula is C18H27Na9O18. The van der Waals surface area contributed by atoms with E-state index >= 15 is 0 Å². The van der Waals surface area contributed by atoms with Gasteiger partial charge in [0.15, 0.2) is 0 Å². The minimum absolute atomic E-state index is 0. The Morgan fingerprint density at radius 1 is 0.200 bits per heavy atom. The molecule has 0 heterocycles. The molecule has 0 fully saturated rings. The van der Waals surface area contributed by atoms with E-state index in [-0.39, 0.29) is 266 Å². The SMILES string of the molecule is CC(=O)[O-].CC(=O)[O-].CC(=O)[O-].CC(=O)[O-].CC(=O)[O-].CC(=O)[O-].CC(=O)[O-].CC(=O)[O-].CC(=O)[O-].[Na+].[Na+].[Na+].[Na+].[Na+].[Na+].[Na+].[Na+].[Na+]. The van der Waals surface area contributed by atoms with E-state index in [2.05, 4.69) is 0 Å². The quantitative estimate of drug-likeness (QED) is 0.208. The molecule has 0 spiro atoms. The Bertz CT molecular complexity index is 447. The Labute approximate surface area is 461 Å². The zero-order valence-electron chi connectivity index (χ0n) is 29.8. The van der Waals surface area contributed by atoms with E-state index in [1.807, 2.05) is 0 Å². The minimum Gasteiger partial charge on any atom is -0.550 e. The van der Waals surface area contributed by atoms with Crippen LogP contribution in [-0.4, -0.2) is 53.7 Å². The number of hydrogen-bond donors (Lipinski definition) is 0. The van der Waals surface area contributed by atoms with Gasteiger partial charge in [0.2, 0.25) is 0 Å². The van der Waals surface area contributed by atoms with Crippen molar-refractivity contribution in [3.8, 4) is 0 Å². The third kappa shape index (κ3) is 5760. The van der Waals surface area contributed by atoms with E-state index in [4.69, 9.17) is 89.1 Å². The molecule has 0 unspecified atom stereocenters. The van der Waals surface area contributed by atoms with Gasteiger partial charge in [-0.05, 0) is 62.3 Å². The third-order valence-electron chi connectivity index (χ3n) is 0. The van der Waals surface area contributed by atoms with E-state index in [1.54, 1.807) is 0 Å². The van der Waals surface area contributed by atoms with Gasteiger partial charge in [0.1, 0.15) is 0 Å². The average Bonchev–Trinajstić information content (AvgIpc) is 2.39. The molecule has 45 heavy (non-hydrogen) atoms. The fourth-order valence-corrected chi connectivity index (χ4v) is 0. The van der Waals surface area contributed by atoms with Crippen molar-refractivity contribution < 1.29 is 355 Å². The fourth-order valence-electron chi connectivity index (χ4n) is 0. The fraction of sp³-hybridized carbons (Fsp3) is 0.500. The van der Waals surface area contributed by atoms with Crippen LogP contribution in [0, 0.1) is 0 Å². The molecule has 0 aliphatic carbocycles. The maximum absolute atomic E-state index is 8.89. The summed E-state index contributed by atoms with van der Waals surface area (Å²) in [5.41, 5.74) is 0. The number of carbonyl (C=O) groups excluding carboxylic acids is 9. The number of aliphatic carboxylic acids is 9. The molecule has 18 nitrogen and oxygen atoms in total. The monoisotopic (exact) mass is 738 g/mol. The van der Waals surface area contributed by atoms with Crippen LogP contribution >= 0.6 is 0 Å². The number of carboxylic acid groups (broad SMARTS) is 9. The summed E-state index contributed by atoms with van der Waals surface area (Å²) >= 11 is 0. The second kappa shape index (κ2) is 110. The number of hydrogen-bond acceptors (Lipinski definition) is 18. The molecule has 0 aliphatic heterocycles. The van der Waals surface area contributed by atoms with E-state index in [0.29, 0.717) is 0 Å². The molecule has 0 rings (SSSR count). The van der Waals surface area contributed by atoms with Crippen LogP contribution in [-0.2, 0) is 43.2 Å². The Kier molecular flexibility index (Phi) is 288. The summed E-state index contributed by atoms with van der Waals surface area (Å²) in [7, 11) is 0. The molecule has 0 atom stereocenters. The van der Waals surface area contributed by atoms with Crippen molar-refractivity contribution in [3.05, 3.63) is 0 Å². The van der Waals surface area contributed by atoms with Gasteiger partial charge < -0.3 is 89.1 Å². The van der Waals surface area contributed by atoms with Crippen LogP contribution in [0.25, 0.3) is 0 Å². The summed E-state index contributed by atoms with van der Waals surface area (Å²) < 4.78 is 0. The van der Waals surface area contributed by atoms with Crippen molar-refractivity contribution in [1.29, 1.82) is 0 Å². The molecule has 0 amide bonds. The first-order chi connectivity index (χ1) is 15.6. The number of carbonyl (C=O) groups is 9. The summed E-state index contributed by atoms with van der Waals surface area (Å²) in [5.74, 6) is -9.75. The standard InChI is InChI=1S/9C2H4O2.9Na/c9*1-2(3)4;;;;;;;;;/h9*1H3,(H,3,4);;;;;;;;;/q;;;;;;;;;9*+1/p-9. The van der Waals surface area contributed by atoms with Crippen molar-refractivity contribution in [2.45, 2.75) is 62.3 Å². The van der Waals surface area contributed by atoms with E-state index in [0.717, 1.165) is 62.3 Å². The molecular weight excluding hydrogens is 711 g/mol. The predicted octanol–water partition coefficient (Wildman–Crippen LogP) is -38.2. The molecule has 0 saturated heterocycles. The van der Waals surface area contributed by atoms with Gasteiger partial charge in [0, 0.05) is 53.7 Å². The molecule has 0 aromatic heterocycles. The molecule has 0 saturated carbocycles. The summed E-state index contributed by atoms with van der Waals surface area (Å²) in [4.78, 5) is 80.0. The molecule has 0 aliphatic rings. The first-order valence-corrected chi connectivity index (χ1v) is 8.17. The van der Waals surface area contributed by atoms with Gasteiger partial charge in [-0.25, -0.2) is 0 Å². The van der Waals surface area contributed by atoms with Crippen molar-refractivity contribution in [1.82, 2.24) is 0 Å². The molecule has 0 aromatic carbocycles. The van der Waals surface area contributed by atoms with Crippen LogP contribution in [0.2, 0.25) is 0 Å². The predicted molar refractivity (Wildman–Crippen MR) is 96.1 cm³/mol. The van der Waals surface area contributed by atoms with Crippen LogP contribution in [0.3, 0.4) is 0 Å². The van der Waals surface area contributed by atoms with Gasteiger partial charge in [-0.1, -0.05) is 0 Å². The Balaban J connectivity index is -0.0000000111. The van der Waals surface area contributed by atoms with Crippen molar-refractivity contribution in [2.75, 3.05) is 0 Å². The van der Waals surface area contributed by atoms with Crippen molar-refractivity contribution in [2.24, 2.45) is 0 Å². The van der Waals surface area contributed by atoms with Gasteiger partial charge in [0.05, 0.1) is 0 Å². The number of rotatable bonds is 0. The topological polar surface area (TPSA) is 361 Å². The van der Waals surface area contributed by atoms with Gasteiger partial charge in [-0.2, -0.15) is 0 Å². The number of carboxylic acids is 9. The van der Waals surface area contributed by atoms with Gasteiger partial charge >= 0.3 is 266 Å². The van der Waals surface area contributed by atoms with Gasteiger partial charge in [-0.15, -0.1) is 0 Å². The summed E-state index contributed by atoms with van der Waals surface area (Å²) in [6, 6.07) is 0. The zero-order chi connectivity index (χ0) is 32.2. The normalized spacial score (nSPS) is 5.00. The molecule has 0 N–H and O–H groups in total. The van der Waals surface area contributed by atoms with Crippen LogP contribution in [0.5, 0.6) is 0 Å². The summed E-state index contributed by atoms with van der Waals surface area (Å²) in [6.45, 7) is 8.75. The zero-order valence-corrected chi connectivity index (χ0v) is 47.8. The molecule has 27 heteroatoms. The van der Waals surface area contributed by atoms with Crippen molar-refractivity contribution >= 4 is 53.7 Å².